The highest BCUT2D eigenvalue weighted by Crippen LogP contribution is 2.51. The first-order chi connectivity index (χ1) is 15.6. The summed E-state index contributed by atoms with van der Waals surface area (Å²) in [5, 5.41) is 18.4. The first-order valence-corrected chi connectivity index (χ1v) is 13.3. The molecule has 2 saturated carbocycles. The summed E-state index contributed by atoms with van der Waals surface area (Å²) >= 11 is 6.28. The summed E-state index contributed by atoms with van der Waals surface area (Å²) in [6.07, 6.45) is 16.9. The van der Waals surface area contributed by atoms with Crippen LogP contribution in [0.1, 0.15) is 127 Å². The largest absolute Gasteiger partial charge is 0.400 e. The Hall–Kier alpha value is -0.900. The monoisotopic (exact) mass is 466 g/mol. The van der Waals surface area contributed by atoms with Gasteiger partial charge in [-0.25, -0.2) is 0 Å². The van der Waals surface area contributed by atoms with Gasteiger partial charge in [-0.05, 0) is 62.0 Å². The second kappa shape index (κ2) is 16.7. The zero-order valence-electron chi connectivity index (χ0n) is 20.7. The first kappa shape index (κ1) is 29.1. The number of carbonyl (C=O) groups excluding carboxylic acids is 1. The maximum Gasteiger partial charge on any atom is 0.119 e. The highest BCUT2D eigenvalue weighted by molar-refractivity contribution is 6.20. The summed E-state index contributed by atoms with van der Waals surface area (Å²) < 4.78 is 0. The van der Waals surface area contributed by atoms with Crippen LogP contribution >= 0.6 is 11.6 Å². The van der Waals surface area contributed by atoms with E-state index in [1.165, 1.54) is 56.9 Å². The van der Waals surface area contributed by atoms with E-state index >= 15 is 0 Å². The molecule has 3 atom stereocenters. The van der Waals surface area contributed by atoms with Crippen molar-refractivity contribution < 1.29 is 15.0 Å². The van der Waals surface area contributed by atoms with Gasteiger partial charge in [0, 0.05) is 24.3 Å². The van der Waals surface area contributed by atoms with Gasteiger partial charge in [0.1, 0.15) is 6.29 Å². The second-order valence-electron chi connectivity index (χ2n) is 9.52. The van der Waals surface area contributed by atoms with E-state index in [-0.39, 0.29) is 11.5 Å². The van der Waals surface area contributed by atoms with E-state index < -0.39 is 0 Å². The number of aldehydes is 1. The predicted molar refractivity (Wildman–Crippen MR) is 136 cm³/mol. The Labute approximate surface area is 202 Å². The minimum absolute atomic E-state index is 0.123. The molecule has 0 aliphatic heterocycles. The number of unbranched alkanes of at least 4 members (excludes halogenated alkanes) is 4. The third kappa shape index (κ3) is 9.15. The Morgan fingerprint density at radius 3 is 2.38 bits per heavy atom. The van der Waals surface area contributed by atoms with Crippen molar-refractivity contribution in [2.75, 3.05) is 7.11 Å². The maximum absolute atomic E-state index is 11.1. The van der Waals surface area contributed by atoms with Crippen molar-refractivity contribution in [2.24, 2.45) is 5.41 Å². The third-order valence-electron chi connectivity index (χ3n) is 7.17. The number of benzene rings is 1. The molecule has 2 aliphatic carbocycles. The highest BCUT2D eigenvalue weighted by atomic mass is 35.5. The molecule has 2 aliphatic rings. The van der Waals surface area contributed by atoms with Crippen molar-refractivity contribution in [3.63, 3.8) is 0 Å². The number of hydrogen-bond donors (Lipinski definition) is 2. The summed E-state index contributed by atoms with van der Waals surface area (Å²) in [5.74, 6) is 0.584. The predicted octanol–water partition coefficient (Wildman–Crippen LogP) is 7.72. The number of aliphatic hydroxyl groups excluding tert-OH is 2. The van der Waals surface area contributed by atoms with Crippen LogP contribution in [0.4, 0.5) is 0 Å². The summed E-state index contributed by atoms with van der Waals surface area (Å²) in [4.78, 5) is 9.77. The molecule has 184 valence electrons. The van der Waals surface area contributed by atoms with Gasteiger partial charge in [-0.3, -0.25) is 0 Å². The van der Waals surface area contributed by atoms with Gasteiger partial charge < -0.3 is 15.0 Å². The van der Waals surface area contributed by atoms with Crippen LogP contribution in [0.5, 0.6) is 0 Å². The van der Waals surface area contributed by atoms with E-state index in [4.69, 9.17) is 16.7 Å². The summed E-state index contributed by atoms with van der Waals surface area (Å²) in [5.41, 5.74) is 2.63. The smallest absolute Gasteiger partial charge is 0.119 e. The first-order valence-electron chi connectivity index (χ1n) is 12.9. The van der Waals surface area contributed by atoms with Crippen LogP contribution < -0.4 is 0 Å². The fourth-order valence-corrected chi connectivity index (χ4v) is 5.80. The molecule has 3 nitrogen and oxygen atoms in total. The molecule has 1 aromatic carbocycles. The van der Waals surface area contributed by atoms with Gasteiger partial charge in [-0.1, -0.05) is 76.6 Å². The molecular weight excluding hydrogens is 420 g/mol. The number of aliphatic hydroxyl groups is 2. The lowest BCUT2D eigenvalue weighted by atomic mass is 9.73. The van der Waals surface area contributed by atoms with E-state index in [1.807, 2.05) is 0 Å². The molecule has 2 N–H and O–H groups in total. The normalized spacial score (nSPS) is 22.3. The molecular formula is C28H47ClO3. The Morgan fingerprint density at radius 2 is 1.81 bits per heavy atom. The standard InChI is InChI=1S/C20H29ClO.C7H14O.CH4O/c1-2-10-20(11-3-4-12-20)19(22)17-7-5-6-15(13-17)16-8-9-18(21)14-16;1-2-3-4-5-6-7-8;1-2/h5-7,13,16,18-19,22H,2-4,8-12,14H2,1H3;7H,2-6H2,1H3;2H,1H3. The van der Waals surface area contributed by atoms with Crippen LogP contribution in [0.3, 0.4) is 0 Å². The number of rotatable bonds is 10. The zero-order chi connectivity index (χ0) is 23.8. The van der Waals surface area contributed by atoms with Gasteiger partial charge in [-0.15, -0.1) is 11.6 Å². The van der Waals surface area contributed by atoms with Crippen LogP contribution in [0.25, 0.3) is 0 Å². The van der Waals surface area contributed by atoms with E-state index in [1.54, 1.807) is 0 Å². The molecule has 3 rings (SSSR count). The van der Waals surface area contributed by atoms with Crippen molar-refractivity contribution in [2.45, 2.75) is 121 Å². The van der Waals surface area contributed by atoms with Crippen molar-refractivity contribution in [1.29, 1.82) is 0 Å². The van der Waals surface area contributed by atoms with Gasteiger partial charge in [0.05, 0.1) is 6.10 Å². The molecule has 0 amide bonds. The van der Waals surface area contributed by atoms with E-state index in [0.717, 1.165) is 57.5 Å². The van der Waals surface area contributed by atoms with Gasteiger partial charge in [0.25, 0.3) is 0 Å². The molecule has 0 saturated heterocycles. The topological polar surface area (TPSA) is 57.5 Å². The third-order valence-corrected chi connectivity index (χ3v) is 7.57. The molecule has 4 heteroatoms. The molecule has 0 bridgehead atoms. The van der Waals surface area contributed by atoms with E-state index in [9.17, 15) is 9.90 Å². The Bertz CT molecular complexity index is 612. The molecule has 0 radical (unpaired) electrons. The lowest BCUT2D eigenvalue weighted by Crippen LogP contribution is -2.26. The van der Waals surface area contributed by atoms with Crippen molar-refractivity contribution in [3.05, 3.63) is 35.4 Å². The van der Waals surface area contributed by atoms with Crippen LogP contribution in [0, 0.1) is 5.41 Å². The molecule has 3 unspecified atom stereocenters. The van der Waals surface area contributed by atoms with Crippen LogP contribution in [-0.2, 0) is 4.79 Å². The van der Waals surface area contributed by atoms with Gasteiger partial charge in [-0.2, -0.15) is 0 Å². The van der Waals surface area contributed by atoms with Gasteiger partial charge in [0.2, 0.25) is 0 Å². The average Bonchev–Trinajstić information content (AvgIpc) is 3.48. The summed E-state index contributed by atoms with van der Waals surface area (Å²) in [7, 11) is 1.00. The number of alkyl halides is 1. The Balaban J connectivity index is 0.000000436. The molecule has 32 heavy (non-hydrogen) atoms. The molecule has 0 aromatic heterocycles. The lowest BCUT2D eigenvalue weighted by Gasteiger charge is -2.35. The van der Waals surface area contributed by atoms with E-state index in [0.29, 0.717) is 11.3 Å². The Morgan fingerprint density at radius 1 is 1.09 bits per heavy atom. The summed E-state index contributed by atoms with van der Waals surface area (Å²) in [6, 6.07) is 8.73. The zero-order valence-corrected chi connectivity index (χ0v) is 21.5. The summed E-state index contributed by atoms with van der Waals surface area (Å²) in [6.45, 7) is 4.41. The van der Waals surface area contributed by atoms with Gasteiger partial charge >= 0.3 is 0 Å². The highest BCUT2D eigenvalue weighted by Gasteiger charge is 2.40. The molecule has 1 aromatic rings. The molecule has 0 spiro atoms. The maximum atomic E-state index is 11.1. The van der Waals surface area contributed by atoms with Crippen LogP contribution in [0.2, 0.25) is 0 Å². The van der Waals surface area contributed by atoms with Crippen molar-refractivity contribution >= 4 is 17.9 Å². The van der Waals surface area contributed by atoms with Crippen molar-refractivity contribution in [3.8, 4) is 0 Å². The van der Waals surface area contributed by atoms with Crippen molar-refractivity contribution in [1.82, 2.24) is 0 Å². The lowest BCUT2D eigenvalue weighted by molar-refractivity contribution is -0.107. The van der Waals surface area contributed by atoms with Gasteiger partial charge in [0.15, 0.2) is 0 Å². The second-order valence-corrected chi connectivity index (χ2v) is 10.1. The number of carbonyl (C=O) groups is 1. The quantitative estimate of drug-likeness (QED) is 0.211. The fraction of sp³-hybridized carbons (Fsp3) is 0.750. The fourth-order valence-electron chi connectivity index (χ4n) is 5.46. The number of hydrogen-bond acceptors (Lipinski definition) is 3. The minimum Gasteiger partial charge on any atom is -0.400 e. The van der Waals surface area contributed by atoms with Crippen LogP contribution in [0.15, 0.2) is 24.3 Å². The number of halogens is 1. The van der Waals surface area contributed by atoms with E-state index in [2.05, 4.69) is 38.1 Å². The van der Waals surface area contributed by atoms with Crippen LogP contribution in [-0.4, -0.2) is 29.0 Å². The minimum atomic E-state index is -0.303. The average molecular weight is 467 g/mol. The Kier molecular flexibility index (Phi) is 15.2. The molecule has 2 fully saturated rings. The molecule has 0 heterocycles. The SMILES string of the molecule is CCCC1(C(O)c2cccc(C3CCC(Cl)C3)c2)CCCC1.CCCCCCC=O.CO.